The van der Waals surface area contributed by atoms with Gasteiger partial charge >= 0.3 is 0 Å². The molecule has 1 aliphatic rings. The second-order valence-corrected chi connectivity index (χ2v) is 10.8. The van der Waals surface area contributed by atoms with Crippen molar-refractivity contribution in [2.24, 2.45) is 0 Å². The summed E-state index contributed by atoms with van der Waals surface area (Å²) in [5, 5.41) is 0. The second kappa shape index (κ2) is 10.1. The lowest BCUT2D eigenvalue weighted by Crippen LogP contribution is -2.26. The first-order valence-corrected chi connectivity index (χ1v) is 13.0. The summed E-state index contributed by atoms with van der Waals surface area (Å²) in [6.45, 7) is 3.49. The molecule has 6 nitrogen and oxygen atoms in total. The molecule has 1 saturated heterocycles. The zero-order valence-electron chi connectivity index (χ0n) is 19.9. The number of carbonyl (C=O) groups excluding carboxylic acids is 1. The molecule has 0 radical (unpaired) electrons. The molecule has 0 spiro atoms. The Labute approximate surface area is 202 Å². The van der Waals surface area contributed by atoms with Gasteiger partial charge in [-0.05, 0) is 73.5 Å². The highest BCUT2D eigenvalue weighted by Gasteiger charge is 2.24. The quantitative estimate of drug-likeness (QED) is 0.524. The van der Waals surface area contributed by atoms with Gasteiger partial charge in [0.05, 0.1) is 4.90 Å². The number of sulfonamides is 1. The van der Waals surface area contributed by atoms with Crippen molar-refractivity contribution < 1.29 is 13.2 Å². The number of anilines is 1. The number of aryl methyl sites for hydroxylation is 1. The van der Waals surface area contributed by atoms with Gasteiger partial charge in [-0.25, -0.2) is 13.1 Å². The number of amides is 1. The molecule has 4 rings (SSSR count). The van der Waals surface area contributed by atoms with Gasteiger partial charge < -0.3 is 9.80 Å². The van der Waals surface area contributed by atoms with Gasteiger partial charge in [0.15, 0.2) is 0 Å². The Balaban J connectivity index is 1.52. The third-order valence-electron chi connectivity index (χ3n) is 6.07. The normalized spacial score (nSPS) is 14.2. The molecule has 0 saturated carbocycles. The molecule has 0 aromatic heterocycles. The number of benzene rings is 3. The van der Waals surface area contributed by atoms with E-state index >= 15 is 0 Å². The molecule has 0 atom stereocenters. The van der Waals surface area contributed by atoms with Crippen LogP contribution in [0.25, 0.3) is 11.1 Å². The molecule has 0 aliphatic carbocycles. The van der Waals surface area contributed by atoms with Crippen molar-refractivity contribution in [3.05, 3.63) is 83.4 Å². The fourth-order valence-electron chi connectivity index (χ4n) is 4.39. The molecule has 34 heavy (non-hydrogen) atoms. The standard InChI is InChI=1S/C27H31N3O3S/c1-20-17-24(30-16-6-9-27(30)31)14-15-26(20)34(32,33)28-18-23-7-4-5-8-25(23)22-12-10-21(11-13-22)19-29(2)3/h4-5,7-8,10-15,17,28H,6,9,16,18-19H2,1-3H3. The van der Waals surface area contributed by atoms with E-state index in [1.54, 1.807) is 30.0 Å². The number of rotatable bonds is 8. The highest BCUT2D eigenvalue weighted by molar-refractivity contribution is 7.89. The summed E-state index contributed by atoms with van der Waals surface area (Å²) in [6, 6.07) is 21.3. The van der Waals surface area contributed by atoms with Crippen LogP contribution in [0.2, 0.25) is 0 Å². The average molecular weight is 478 g/mol. The topological polar surface area (TPSA) is 69.7 Å². The summed E-state index contributed by atoms with van der Waals surface area (Å²) in [5.41, 5.74) is 5.55. The van der Waals surface area contributed by atoms with Crippen LogP contribution in [0.3, 0.4) is 0 Å². The lowest BCUT2D eigenvalue weighted by molar-refractivity contribution is -0.117. The fourth-order valence-corrected chi connectivity index (χ4v) is 5.62. The zero-order chi connectivity index (χ0) is 24.3. The van der Waals surface area contributed by atoms with Gasteiger partial charge in [0.2, 0.25) is 15.9 Å². The Kier molecular flexibility index (Phi) is 7.16. The average Bonchev–Trinajstić information content (AvgIpc) is 3.24. The van der Waals surface area contributed by atoms with Gasteiger partial charge in [0.25, 0.3) is 0 Å². The molecular formula is C27H31N3O3S. The molecule has 0 unspecified atom stereocenters. The molecule has 3 aromatic carbocycles. The summed E-state index contributed by atoms with van der Waals surface area (Å²) in [4.78, 5) is 16.1. The lowest BCUT2D eigenvalue weighted by atomic mass is 9.99. The first-order valence-electron chi connectivity index (χ1n) is 11.5. The Morgan fingerprint density at radius 2 is 1.74 bits per heavy atom. The second-order valence-electron chi connectivity index (χ2n) is 9.02. The minimum Gasteiger partial charge on any atom is -0.312 e. The van der Waals surface area contributed by atoms with Crippen LogP contribution >= 0.6 is 0 Å². The smallest absolute Gasteiger partial charge is 0.241 e. The zero-order valence-corrected chi connectivity index (χ0v) is 20.7. The Morgan fingerprint density at radius 1 is 1.00 bits per heavy atom. The van der Waals surface area contributed by atoms with Gasteiger partial charge in [0.1, 0.15) is 0 Å². The summed E-state index contributed by atoms with van der Waals surface area (Å²) >= 11 is 0. The lowest BCUT2D eigenvalue weighted by Gasteiger charge is -2.18. The van der Waals surface area contributed by atoms with Crippen LogP contribution in [0.4, 0.5) is 5.69 Å². The number of carbonyl (C=O) groups is 1. The predicted octanol–water partition coefficient (Wildman–Crippen LogP) is 4.33. The van der Waals surface area contributed by atoms with Gasteiger partial charge in [-0.1, -0.05) is 48.5 Å². The number of nitrogens with zero attached hydrogens (tertiary/aromatic N) is 2. The molecule has 1 fully saturated rings. The highest BCUT2D eigenvalue weighted by Crippen LogP contribution is 2.27. The van der Waals surface area contributed by atoms with E-state index in [0.29, 0.717) is 18.5 Å². The van der Waals surface area contributed by atoms with E-state index in [-0.39, 0.29) is 17.3 Å². The molecule has 1 amide bonds. The van der Waals surface area contributed by atoms with Gasteiger partial charge in [0, 0.05) is 31.7 Å². The van der Waals surface area contributed by atoms with E-state index in [9.17, 15) is 13.2 Å². The number of nitrogens with one attached hydrogen (secondary N) is 1. The minimum absolute atomic E-state index is 0.0829. The summed E-state index contributed by atoms with van der Waals surface area (Å²) in [7, 11) is 0.355. The van der Waals surface area contributed by atoms with E-state index in [1.807, 2.05) is 38.4 Å². The maximum Gasteiger partial charge on any atom is 0.241 e. The van der Waals surface area contributed by atoms with Crippen LogP contribution in [0.1, 0.15) is 29.5 Å². The van der Waals surface area contributed by atoms with E-state index in [0.717, 1.165) is 35.3 Å². The minimum atomic E-state index is -3.72. The Bertz CT molecular complexity index is 1280. The van der Waals surface area contributed by atoms with Crippen molar-refractivity contribution in [1.82, 2.24) is 9.62 Å². The van der Waals surface area contributed by atoms with Crippen molar-refractivity contribution in [2.75, 3.05) is 25.5 Å². The van der Waals surface area contributed by atoms with E-state index in [4.69, 9.17) is 0 Å². The van der Waals surface area contributed by atoms with Crippen molar-refractivity contribution in [2.45, 2.75) is 37.8 Å². The van der Waals surface area contributed by atoms with E-state index in [1.165, 1.54) is 5.56 Å². The summed E-state index contributed by atoms with van der Waals surface area (Å²) < 4.78 is 29.0. The molecule has 1 aliphatic heterocycles. The van der Waals surface area contributed by atoms with Crippen molar-refractivity contribution >= 4 is 21.6 Å². The fraction of sp³-hybridized carbons (Fsp3) is 0.296. The maximum atomic E-state index is 13.1. The van der Waals surface area contributed by atoms with Crippen LogP contribution in [-0.4, -0.2) is 39.9 Å². The molecule has 178 valence electrons. The molecule has 1 N–H and O–H groups in total. The first-order chi connectivity index (χ1) is 16.2. The maximum absolute atomic E-state index is 13.1. The predicted molar refractivity (Wildman–Crippen MR) is 136 cm³/mol. The van der Waals surface area contributed by atoms with E-state index in [2.05, 4.69) is 33.9 Å². The van der Waals surface area contributed by atoms with Crippen molar-refractivity contribution in [1.29, 1.82) is 0 Å². The number of hydrogen-bond acceptors (Lipinski definition) is 4. The first kappa shape index (κ1) is 24.1. The van der Waals surface area contributed by atoms with Crippen molar-refractivity contribution in [3.8, 4) is 11.1 Å². The van der Waals surface area contributed by atoms with Crippen LogP contribution < -0.4 is 9.62 Å². The Hall–Kier alpha value is -3.00. The summed E-state index contributed by atoms with van der Waals surface area (Å²) in [5.74, 6) is 0.0829. The Morgan fingerprint density at radius 3 is 2.38 bits per heavy atom. The van der Waals surface area contributed by atoms with Crippen LogP contribution in [0, 0.1) is 6.92 Å². The SMILES string of the molecule is Cc1cc(N2CCCC2=O)ccc1S(=O)(=O)NCc1ccccc1-c1ccc(CN(C)C)cc1. The molecule has 3 aromatic rings. The van der Waals surface area contributed by atoms with E-state index < -0.39 is 10.0 Å². The van der Waals surface area contributed by atoms with Gasteiger partial charge in [-0.2, -0.15) is 0 Å². The van der Waals surface area contributed by atoms with Crippen LogP contribution in [0.5, 0.6) is 0 Å². The summed E-state index contributed by atoms with van der Waals surface area (Å²) in [6.07, 6.45) is 1.37. The largest absolute Gasteiger partial charge is 0.312 e. The van der Waals surface area contributed by atoms with Crippen LogP contribution in [-0.2, 0) is 27.9 Å². The third-order valence-corrected chi connectivity index (χ3v) is 7.63. The van der Waals surface area contributed by atoms with Crippen LogP contribution in [0.15, 0.2) is 71.6 Å². The van der Waals surface area contributed by atoms with Gasteiger partial charge in [-0.3, -0.25) is 4.79 Å². The monoisotopic (exact) mass is 477 g/mol. The molecule has 1 heterocycles. The third kappa shape index (κ3) is 5.38. The molecule has 7 heteroatoms. The highest BCUT2D eigenvalue weighted by atomic mass is 32.2. The van der Waals surface area contributed by atoms with Crippen molar-refractivity contribution in [3.63, 3.8) is 0 Å². The molecule has 0 bridgehead atoms. The number of hydrogen-bond donors (Lipinski definition) is 1. The van der Waals surface area contributed by atoms with Gasteiger partial charge in [-0.15, -0.1) is 0 Å². The molecular weight excluding hydrogens is 446 g/mol.